The van der Waals surface area contributed by atoms with Gasteiger partial charge < -0.3 is 9.80 Å². The number of allylic oxidation sites excluding steroid dienone is 2. The molecule has 3 unspecified atom stereocenters. The molecule has 3 atom stereocenters. The van der Waals surface area contributed by atoms with Gasteiger partial charge in [0, 0.05) is 28.7 Å². The quantitative estimate of drug-likeness (QED) is 0.197. The molecule has 46 heavy (non-hydrogen) atoms. The first-order valence-electron chi connectivity index (χ1n) is 15.7. The molecule has 0 fully saturated rings. The first-order valence-corrected chi connectivity index (χ1v) is 15.7. The predicted molar refractivity (Wildman–Crippen MR) is 186 cm³/mol. The smallest absolute Gasteiger partial charge is 0.0992 e. The molecular formula is C42H30N4. The van der Waals surface area contributed by atoms with E-state index in [-0.39, 0.29) is 18.0 Å². The molecule has 5 aromatic rings. The van der Waals surface area contributed by atoms with E-state index in [1.807, 2.05) is 48.5 Å². The van der Waals surface area contributed by atoms with Crippen LogP contribution in [0.3, 0.4) is 0 Å². The fraction of sp³-hybridized carbons (Fsp3) is 0.0952. The highest BCUT2D eigenvalue weighted by atomic mass is 15.2. The summed E-state index contributed by atoms with van der Waals surface area (Å²) < 4.78 is 0. The Hall–Kier alpha value is -6.10. The molecule has 0 N–H and O–H groups in total. The minimum Gasteiger partial charge on any atom is -0.334 e. The lowest BCUT2D eigenvalue weighted by Crippen LogP contribution is -2.38. The van der Waals surface area contributed by atoms with Gasteiger partial charge in [-0.1, -0.05) is 91.0 Å². The van der Waals surface area contributed by atoms with Crippen molar-refractivity contribution in [3.05, 3.63) is 179 Å². The van der Waals surface area contributed by atoms with Crippen molar-refractivity contribution >= 4 is 34.4 Å². The number of anilines is 4. The molecule has 5 aromatic carbocycles. The lowest BCUT2D eigenvalue weighted by atomic mass is 9.70. The van der Waals surface area contributed by atoms with Gasteiger partial charge in [0.05, 0.1) is 35.3 Å². The summed E-state index contributed by atoms with van der Waals surface area (Å²) in [4.78, 5) is 4.76. The Morgan fingerprint density at radius 2 is 1.20 bits per heavy atom. The fourth-order valence-corrected chi connectivity index (χ4v) is 7.41. The summed E-state index contributed by atoms with van der Waals surface area (Å²) in [7, 11) is 0. The summed E-state index contributed by atoms with van der Waals surface area (Å²) in [5.74, 6) is 0.101. The van der Waals surface area contributed by atoms with Crippen LogP contribution in [-0.4, -0.2) is 6.04 Å². The standard InChI is InChI=1S/C42H30N4/c43-27-29-9-7-15-35(25-29)45(33-11-3-1-4-12-33)39-23-19-31-18-22-38-40(24-20-32-17-21-37(39)41(31)42(32)38)46(34-13-5-2-6-14-34)36-16-8-10-30(26-36)28-44/h1-23,25-26,37,39-40H,24H2. The van der Waals surface area contributed by atoms with E-state index in [2.05, 4.69) is 125 Å². The molecule has 0 heterocycles. The average Bonchev–Trinajstić information content (AvgIpc) is 3.13. The van der Waals surface area contributed by atoms with E-state index in [1.165, 1.54) is 27.8 Å². The van der Waals surface area contributed by atoms with E-state index in [9.17, 15) is 10.5 Å². The van der Waals surface area contributed by atoms with E-state index in [1.54, 1.807) is 0 Å². The second kappa shape index (κ2) is 11.4. The monoisotopic (exact) mass is 590 g/mol. The summed E-state index contributed by atoms with van der Waals surface area (Å²) in [5.41, 5.74) is 11.9. The largest absolute Gasteiger partial charge is 0.334 e. The zero-order valence-corrected chi connectivity index (χ0v) is 25.2. The fourth-order valence-electron chi connectivity index (χ4n) is 7.41. The third-order valence-corrected chi connectivity index (χ3v) is 9.36. The van der Waals surface area contributed by atoms with Gasteiger partial charge in [-0.15, -0.1) is 0 Å². The number of hydrogen-bond donors (Lipinski definition) is 0. The van der Waals surface area contributed by atoms with Crippen LogP contribution in [-0.2, 0) is 0 Å². The topological polar surface area (TPSA) is 54.1 Å². The summed E-state index contributed by atoms with van der Waals surface area (Å²) >= 11 is 0. The molecule has 0 aliphatic heterocycles. The van der Waals surface area contributed by atoms with Gasteiger partial charge in [-0.3, -0.25) is 0 Å². The second-order valence-corrected chi connectivity index (χ2v) is 11.9. The zero-order valence-electron chi connectivity index (χ0n) is 25.2. The normalized spacial score (nSPS) is 18.5. The number of benzene rings is 5. The third-order valence-electron chi connectivity index (χ3n) is 9.36. The number of nitrogens with zero attached hydrogens (tertiary/aromatic N) is 4. The van der Waals surface area contributed by atoms with Crippen molar-refractivity contribution in [2.24, 2.45) is 0 Å². The highest BCUT2D eigenvalue weighted by molar-refractivity contribution is 5.88. The molecule has 3 aliphatic carbocycles. The molecule has 4 nitrogen and oxygen atoms in total. The van der Waals surface area contributed by atoms with Crippen LogP contribution in [0.2, 0.25) is 0 Å². The van der Waals surface area contributed by atoms with E-state index in [4.69, 9.17) is 0 Å². The maximum Gasteiger partial charge on any atom is 0.0992 e. The van der Waals surface area contributed by atoms with Crippen LogP contribution in [0.15, 0.2) is 146 Å². The molecule has 0 amide bonds. The van der Waals surface area contributed by atoms with E-state index in [0.717, 1.165) is 29.2 Å². The Bertz CT molecular complexity index is 2130. The maximum absolute atomic E-state index is 9.74. The average molecular weight is 591 g/mol. The van der Waals surface area contributed by atoms with Crippen molar-refractivity contribution in [2.75, 3.05) is 9.80 Å². The van der Waals surface area contributed by atoms with Gasteiger partial charge in [0.25, 0.3) is 0 Å². The van der Waals surface area contributed by atoms with Crippen molar-refractivity contribution in [2.45, 2.75) is 24.4 Å². The molecule has 3 aliphatic rings. The van der Waals surface area contributed by atoms with Gasteiger partial charge in [0.15, 0.2) is 0 Å². The van der Waals surface area contributed by atoms with Crippen LogP contribution >= 0.6 is 0 Å². The van der Waals surface area contributed by atoms with Gasteiger partial charge >= 0.3 is 0 Å². The van der Waals surface area contributed by atoms with E-state index in [0.29, 0.717) is 11.1 Å². The Morgan fingerprint density at radius 3 is 1.85 bits per heavy atom. The molecule has 0 radical (unpaired) electrons. The number of rotatable bonds is 6. The van der Waals surface area contributed by atoms with Gasteiger partial charge in [-0.05, 0) is 94.9 Å². The highest BCUT2D eigenvalue weighted by Gasteiger charge is 2.38. The van der Waals surface area contributed by atoms with Gasteiger partial charge in [-0.25, -0.2) is 0 Å². The van der Waals surface area contributed by atoms with Gasteiger partial charge in [0.1, 0.15) is 0 Å². The minimum absolute atomic E-state index is 0.00561. The number of hydrogen-bond acceptors (Lipinski definition) is 4. The zero-order chi connectivity index (χ0) is 31.0. The van der Waals surface area contributed by atoms with Crippen molar-refractivity contribution in [3.63, 3.8) is 0 Å². The maximum atomic E-state index is 9.74. The molecule has 0 saturated carbocycles. The molecular weight excluding hydrogens is 560 g/mol. The Balaban J connectivity index is 1.28. The first-order chi connectivity index (χ1) is 22.7. The lowest BCUT2D eigenvalue weighted by molar-refractivity contribution is 0.665. The van der Waals surface area contributed by atoms with Crippen LogP contribution in [0.25, 0.3) is 11.6 Å². The van der Waals surface area contributed by atoms with Crippen LogP contribution in [0.1, 0.15) is 51.8 Å². The highest BCUT2D eigenvalue weighted by Crippen LogP contribution is 2.51. The van der Waals surface area contributed by atoms with Crippen molar-refractivity contribution < 1.29 is 0 Å². The summed E-state index contributed by atoms with van der Waals surface area (Å²) in [6, 6.07) is 46.1. The molecule has 0 saturated heterocycles. The molecule has 4 heteroatoms. The van der Waals surface area contributed by atoms with Gasteiger partial charge in [-0.2, -0.15) is 10.5 Å². The number of para-hydroxylation sites is 2. The van der Waals surface area contributed by atoms with Crippen molar-refractivity contribution in [1.82, 2.24) is 0 Å². The predicted octanol–water partition coefficient (Wildman–Crippen LogP) is 9.98. The van der Waals surface area contributed by atoms with Crippen LogP contribution in [0.5, 0.6) is 0 Å². The van der Waals surface area contributed by atoms with E-state index >= 15 is 0 Å². The summed E-state index contributed by atoms with van der Waals surface area (Å²) in [6.07, 6.45) is 12.5. The minimum atomic E-state index is 0.00561. The van der Waals surface area contributed by atoms with E-state index < -0.39 is 0 Å². The second-order valence-electron chi connectivity index (χ2n) is 11.9. The van der Waals surface area contributed by atoms with Crippen LogP contribution in [0.4, 0.5) is 22.7 Å². The third kappa shape index (κ3) is 4.60. The Labute approximate surface area is 269 Å². The Morgan fingerprint density at radius 1 is 0.587 bits per heavy atom. The Kier molecular flexibility index (Phi) is 6.82. The molecule has 0 bridgehead atoms. The SMILES string of the molecule is N#Cc1cccc(N(c2ccccc2)C2CC=C3C=CC4c5c(ccc2c53)C=CC4N(c2ccccc2)c2cccc(C#N)c2)c1. The molecule has 0 aromatic heterocycles. The van der Waals surface area contributed by atoms with Crippen molar-refractivity contribution in [1.29, 1.82) is 10.5 Å². The van der Waals surface area contributed by atoms with Gasteiger partial charge in [0.2, 0.25) is 0 Å². The molecule has 218 valence electrons. The van der Waals surface area contributed by atoms with Crippen LogP contribution < -0.4 is 9.80 Å². The molecule has 0 spiro atoms. The lowest BCUT2D eigenvalue weighted by Gasteiger charge is -2.44. The van der Waals surface area contributed by atoms with Crippen LogP contribution in [0, 0.1) is 22.7 Å². The summed E-state index contributed by atoms with van der Waals surface area (Å²) in [6.45, 7) is 0. The summed E-state index contributed by atoms with van der Waals surface area (Å²) in [5, 5.41) is 19.5. The van der Waals surface area contributed by atoms with Crippen molar-refractivity contribution in [3.8, 4) is 12.1 Å². The molecule has 8 rings (SSSR count). The first kappa shape index (κ1) is 27.4. The number of nitriles is 2.